The summed E-state index contributed by atoms with van der Waals surface area (Å²) in [4.78, 5) is 59.6. The number of primary amides is 1. The van der Waals surface area contributed by atoms with E-state index >= 15 is 0 Å². The van der Waals surface area contributed by atoms with Crippen LogP contribution in [0.15, 0.2) is 0 Å². The molecular formula is C19H35N5O6. The molecule has 0 aliphatic heterocycles. The first-order valence-corrected chi connectivity index (χ1v) is 9.92. The van der Waals surface area contributed by atoms with Gasteiger partial charge in [-0.2, -0.15) is 0 Å². The quantitative estimate of drug-likeness (QED) is 0.212. The minimum absolute atomic E-state index is 0.0131. The van der Waals surface area contributed by atoms with E-state index in [0.29, 0.717) is 6.42 Å². The van der Waals surface area contributed by atoms with Crippen molar-refractivity contribution in [3.8, 4) is 0 Å². The third-order valence-electron chi connectivity index (χ3n) is 4.17. The lowest BCUT2D eigenvalue weighted by Gasteiger charge is -2.23. The normalized spacial score (nSPS) is 15.1. The highest BCUT2D eigenvalue weighted by molar-refractivity contribution is 5.95. The molecule has 4 atom stereocenters. The van der Waals surface area contributed by atoms with Crippen LogP contribution in [-0.2, 0) is 24.0 Å². The highest BCUT2D eigenvalue weighted by atomic mass is 16.4. The molecule has 11 nitrogen and oxygen atoms in total. The molecule has 30 heavy (non-hydrogen) atoms. The van der Waals surface area contributed by atoms with Crippen molar-refractivity contribution in [1.82, 2.24) is 16.0 Å². The zero-order chi connectivity index (χ0) is 23.6. The van der Waals surface area contributed by atoms with Gasteiger partial charge in [0.2, 0.25) is 23.6 Å². The first-order valence-electron chi connectivity index (χ1n) is 9.92. The van der Waals surface area contributed by atoms with Crippen LogP contribution in [0.4, 0.5) is 0 Å². The average Bonchev–Trinajstić information content (AvgIpc) is 2.58. The number of amides is 4. The second-order valence-electron chi connectivity index (χ2n) is 8.23. The van der Waals surface area contributed by atoms with E-state index in [1.807, 2.05) is 13.8 Å². The van der Waals surface area contributed by atoms with Crippen molar-refractivity contribution in [2.24, 2.45) is 23.3 Å². The number of carboxylic acid groups (broad SMARTS) is 1. The second-order valence-corrected chi connectivity index (χ2v) is 8.23. The van der Waals surface area contributed by atoms with E-state index in [9.17, 15) is 29.1 Å². The van der Waals surface area contributed by atoms with Crippen LogP contribution in [0.1, 0.15) is 53.9 Å². The van der Waals surface area contributed by atoms with Crippen LogP contribution in [0.5, 0.6) is 0 Å². The fourth-order valence-corrected chi connectivity index (χ4v) is 2.67. The average molecular weight is 430 g/mol. The number of aliphatic carboxylic acids is 1. The highest BCUT2D eigenvalue weighted by Gasteiger charge is 2.30. The van der Waals surface area contributed by atoms with E-state index in [4.69, 9.17) is 11.5 Å². The molecule has 0 aliphatic carbocycles. The molecular weight excluding hydrogens is 394 g/mol. The number of rotatable bonds is 13. The Kier molecular flexibility index (Phi) is 11.6. The predicted octanol–water partition coefficient (Wildman–Crippen LogP) is -1.16. The lowest BCUT2D eigenvalue weighted by Crippen LogP contribution is -2.57. The number of hydrogen-bond donors (Lipinski definition) is 6. The number of nitrogens with two attached hydrogens (primary N) is 2. The molecule has 11 heteroatoms. The summed E-state index contributed by atoms with van der Waals surface area (Å²) in [5, 5.41) is 16.4. The maximum atomic E-state index is 12.5. The third-order valence-corrected chi connectivity index (χ3v) is 4.17. The number of carbonyl (C=O) groups excluding carboxylic acids is 4. The molecule has 8 N–H and O–H groups in total. The number of hydrogen-bond acceptors (Lipinski definition) is 6. The molecule has 0 heterocycles. The van der Waals surface area contributed by atoms with E-state index in [0.717, 1.165) is 0 Å². The van der Waals surface area contributed by atoms with Crippen LogP contribution in [0.25, 0.3) is 0 Å². The Morgan fingerprint density at radius 2 is 1.27 bits per heavy atom. The second kappa shape index (κ2) is 12.8. The zero-order valence-electron chi connectivity index (χ0n) is 18.2. The number of carboxylic acids is 1. The van der Waals surface area contributed by atoms with Crippen molar-refractivity contribution >= 4 is 29.6 Å². The van der Waals surface area contributed by atoms with Gasteiger partial charge in [0.15, 0.2) is 0 Å². The van der Waals surface area contributed by atoms with Crippen LogP contribution in [-0.4, -0.2) is 58.9 Å². The first-order chi connectivity index (χ1) is 13.7. The minimum Gasteiger partial charge on any atom is -0.480 e. The number of nitrogens with one attached hydrogen (secondary N) is 3. The van der Waals surface area contributed by atoms with E-state index in [2.05, 4.69) is 16.0 Å². The van der Waals surface area contributed by atoms with E-state index < -0.39 is 60.2 Å². The summed E-state index contributed by atoms with van der Waals surface area (Å²) in [5.41, 5.74) is 10.9. The Hall–Kier alpha value is -2.69. The fraction of sp³-hybridized carbons (Fsp3) is 0.737. The van der Waals surface area contributed by atoms with Crippen LogP contribution in [0.3, 0.4) is 0 Å². The van der Waals surface area contributed by atoms with E-state index in [-0.39, 0.29) is 18.3 Å². The van der Waals surface area contributed by atoms with Crippen molar-refractivity contribution in [2.45, 2.75) is 78.0 Å². The zero-order valence-corrected chi connectivity index (χ0v) is 18.2. The molecule has 4 unspecified atom stereocenters. The van der Waals surface area contributed by atoms with Crippen LogP contribution in [0.2, 0.25) is 0 Å². The predicted molar refractivity (Wildman–Crippen MR) is 110 cm³/mol. The molecule has 4 amide bonds. The maximum absolute atomic E-state index is 12.5. The van der Waals surface area contributed by atoms with Crippen molar-refractivity contribution in [2.75, 3.05) is 0 Å². The van der Waals surface area contributed by atoms with Gasteiger partial charge in [-0.05, 0) is 31.6 Å². The molecule has 172 valence electrons. The largest absolute Gasteiger partial charge is 0.480 e. The van der Waals surface area contributed by atoms with E-state index in [1.165, 1.54) is 6.92 Å². The van der Waals surface area contributed by atoms with Crippen molar-refractivity contribution in [3.05, 3.63) is 0 Å². The molecule has 0 bridgehead atoms. The van der Waals surface area contributed by atoms with Crippen LogP contribution in [0, 0.1) is 11.8 Å². The summed E-state index contributed by atoms with van der Waals surface area (Å²) in [6, 6.07) is -4.40. The Balaban J connectivity index is 5.11. The lowest BCUT2D eigenvalue weighted by molar-refractivity contribution is -0.143. The van der Waals surface area contributed by atoms with Crippen molar-refractivity contribution in [1.29, 1.82) is 0 Å². The Bertz CT molecular complexity index is 637. The molecule has 0 saturated carbocycles. The molecule has 0 aromatic heterocycles. The Labute approximate surface area is 176 Å². The van der Waals surface area contributed by atoms with Gasteiger partial charge in [-0.25, -0.2) is 4.79 Å². The fourth-order valence-electron chi connectivity index (χ4n) is 2.67. The Morgan fingerprint density at radius 3 is 1.70 bits per heavy atom. The summed E-state index contributed by atoms with van der Waals surface area (Å²) in [6.07, 6.45) is 0.0664. The monoisotopic (exact) mass is 429 g/mol. The number of carbonyl (C=O) groups is 5. The highest BCUT2D eigenvalue weighted by Crippen LogP contribution is 2.06. The molecule has 0 fully saturated rings. The molecule has 0 spiro atoms. The van der Waals surface area contributed by atoms with E-state index in [1.54, 1.807) is 13.8 Å². The molecule has 0 rings (SSSR count). The summed E-state index contributed by atoms with van der Waals surface area (Å²) < 4.78 is 0. The topological polar surface area (TPSA) is 194 Å². The van der Waals surface area contributed by atoms with Gasteiger partial charge in [-0.1, -0.05) is 27.7 Å². The summed E-state index contributed by atoms with van der Waals surface area (Å²) in [6.45, 7) is 8.78. The van der Waals surface area contributed by atoms with Gasteiger partial charge in [0.25, 0.3) is 0 Å². The SMILES string of the molecule is CC(C)CC(N)C(=O)NC(C)C(=O)NC(CC(N)=O)C(=O)NC(CC(C)C)C(=O)O. The molecule has 0 aliphatic rings. The smallest absolute Gasteiger partial charge is 0.326 e. The molecule has 0 aromatic rings. The van der Waals surface area contributed by atoms with Gasteiger partial charge in [0.1, 0.15) is 18.1 Å². The van der Waals surface area contributed by atoms with Crippen LogP contribution >= 0.6 is 0 Å². The molecule has 0 radical (unpaired) electrons. The van der Waals surface area contributed by atoms with Crippen LogP contribution < -0.4 is 27.4 Å². The van der Waals surface area contributed by atoms with Crippen molar-refractivity contribution in [3.63, 3.8) is 0 Å². The third kappa shape index (κ3) is 10.7. The minimum atomic E-state index is -1.38. The van der Waals surface area contributed by atoms with Gasteiger partial charge in [-0.15, -0.1) is 0 Å². The van der Waals surface area contributed by atoms with Gasteiger partial charge in [0.05, 0.1) is 12.5 Å². The summed E-state index contributed by atoms with van der Waals surface area (Å²) in [7, 11) is 0. The van der Waals surface area contributed by atoms with Gasteiger partial charge in [-0.3, -0.25) is 19.2 Å². The Morgan fingerprint density at radius 1 is 0.767 bits per heavy atom. The van der Waals surface area contributed by atoms with Gasteiger partial charge < -0.3 is 32.5 Å². The maximum Gasteiger partial charge on any atom is 0.326 e. The molecule has 0 aromatic carbocycles. The molecule has 0 saturated heterocycles. The summed E-state index contributed by atoms with van der Waals surface area (Å²) >= 11 is 0. The summed E-state index contributed by atoms with van der Waals surface area (Å²) in [5.74, 6) is -4.04. The lowest BCUT2D eigenvalue weighted by atomic mass is 10.0. The van der Waals surface area contributed by atoms with Gasteiger partial charge in [0, 0.05) is 0 Å². The first kappa shape index (κ1) is 27.3. The van der Waals surface area contributed by atoms with Crippen molar-refractivity contribution < 1.29 is 29.1 Å². The standard InChI is InChI=1S/C19H35N5O6/c1-9(2)6-12(20)17(27)22-11(5)16(26)23-13(8-15(21)25)18(28)24-14(19(29)30)7-10(3)4/h9-14H,6-8,20H2,1-5H3,(H2,21,25)(H,22,27)(H,23,26)(H,24,28)(H,29,30). The van der Waals surface area contributed by atoms with Gasteiger partial charge >= 0.3 is 5.97 Å².